The first-order chi connectivity index (χ1) is 14.3. The third-order valence-corrected chi connectivity index (χ3v) is 6.03. The molecule has 30 heavy (non-hydrogen) atoms. The molecule has 1 amide bonds. The fourth-order valence-electron chi connectivity index (χ4n) is 3.98. The SMILES string of the molecule is COC1(c2ccc(C(=O)N3CCC(c4ccc(C(F)(F)F)cn4)CC3)cc2)COC1. The average molecular weight is 420 g/mol. The van der Waals surface area contributed by atoms with Crippen molar-refractivity contribution in [1.29, 1.82) is 0 Å². The van der Waals surface area contributed by atoms with Crippen LogP contribution in [0.25, 0.3) is 0 Å². The maximum atomic E-state index is 12.8. The molecule has 2 aliphatic rings. The standard InChI is InChI=1S/C22H23F3N2O3/c1-29-21(13-30-14-21)17-4-2-16(3-5-17)20(28)27-10-8-15(9-11-27)19-7-6-18(12-26-19)22(23,24)25/h2-7,12,15H,8-11,13-14H2,1H3. The number of carbonyl (C=O) groups is 1. The lowest BCUT2D eigenvalue weighted by Gasteiger charge is -2.40. The van der Waals surface area contributed by atoms with Crippen LogP contribution in [-0.4, -0.2) is 49.2 Å². The van der Waals surface area contributed by atoms with E-state index in [4.69, 9.17) is 9.47 Å². The largest absolute Gasteiger partial charge is 0.417 e. The molecule has 4 rings (SSSR count). The first-order valence-electron chi connectivity index (χ1n) is 9.88. The van der Waals surface area contributed by atoms with Crippen LogP contribution in [0, 0.1) is 0 Å². The Bertz CT molecular complexity index is 880. The molecule has 0 spiro atoms. The number of carbonyl (C=O) groups excluding carboxylic acids is 1. The smallest absolute Gasteiger partial charge is 0.375 e. The van der Waals surface area contributed by atoms with E-state index in [9.17, 15) is 18.0 Å². The number of aromatic nitrogens is 1. The second-order valence-electron chi connectivity index (χ2n) is 7.80. The van der Waals surface area contributed by atoms with Gasteiger partial charge in [0.2, 0.25) is 0 Å². The number of pyridine rings is 1. The Kier molecular flexibility index (Phi) is 5.55. The lowest BCUT2D eigenvalue weighted by atomic mass is 9.90. The third kappa shape index (κ3) is 3.94. The highest BCUT2D eigenvalue weighted by atomic mass is 19.4. The van der Waals surface area contributed by atoms with Crippen molar-refractivity contribution in [2.24, 2.45) is 0 Å². The highest BCUT2D eigenvalue weighted by Crippen LogP contribution is 2.34. The van der Waals surface area contributed by atoms with Gasteiger partial charge in [-0.3, -0.25) is 9.78 Å². The number of likely N-dealkylation sites (tertiary alicyclic amines) is 1. The second-order valence-corrected chi connectivity index (χ2v) is 7.80. The molecule has 0 aliphatic carbocycles. The summed E-state index contributed by atoms with van der Waals surface area (Å²) in [4.78, 5) is 18.6. The molecule has 2 fully saturated rings. The van der Waals surface area contributed by atoms with Gasteiger partial charge in [-0.2, -0.15) is 13.2 Å². The summed E-state index contributed by atoms with van der Waals surface area (Å²) >= 11 is 0. The number of methoxy groups -OCH3 is 1. The molecule has 1 aromatic heterocycles. The van der Waals surface area contributed by atoms with Gasteiger partial charge in [0.25, 0.3) is 5.91 Å². The van der Waals surface area contributed by atoms with Crippen LogP contribution in [0.15, 0.2) is 42.6 Å². The zero-order valence-corrected chi connectivity index (χ0v) is 16.6. The van der Waals surface area contributed by atoms with Crippen molar-refractivity contribution in [2.45, 2.75) is 30.5 Å². The summed E-state index contributed by atoms with van der Waals surface area (Å²) in [7, 11) is 1.65. The van der Waals surface area contributed by atoms with Crippen molar-refractivity contribution in [3.8, 4) is 0 Å². The Hall–Kier alpha value is -2.45. The average Bonchev–Trinajstić information content (AvgIpc) is 2.73. The Morgan fingerprint density at radius 2 is 1.80 bits per heavy atom. The molecule has 8 heteroatoms. The van der Waals surface area contributed by atoms with Gasteiger partial charge in [0.05, 0.1) is 18.8 Å². The molecule has 2 saturated heterocycles. The van der Waals surface area contributed by atoms with Crippen LogP contribution in [0.4, 0.5) is 13.2 Å². The van der Waals surface area contributed by atoms with Gasteiger partial charge in [0.15, 0.2) is 0 Å². The van der Waals surface area contributed by atoms with Crippen molar-refractivity contribution in [1.82, 2.24) is 9.88 Å². The lowest BCUT2D eigenvalue weighted by Crippen LogP contribution is -2.48. The number of alkyl halides is 3. The van der Waals surface area contributed by atoms with E-state index in [1.165, 1.54) is 6.07 Å². The summed E-state index contributed by atoms with van der Waals surface area (Å²) in [5.74, 6) is 0.00981. The predicted octanol–water partition coefficient (Wildman–Crippen LogP) is 3.99. The number of benzene rings is 1. The summed E-state index contributed by atoms with van der Waals surface area (Å²) in [5, 5.41) is 0. The van der Waals surface area contributed by atoms with Crippen LogP contribution >= 0.6 is 0 Å². The summed E-state index contributed by atoms with van der Waals surface area (Å²) < 4.78 is 48.9. The fraction of sp³-hybridized carbons (Fsp3) is 0.455. The van der Waals surface area contributed by atoms with Gasteiger partial charge in [-0.1, -0.05) is 12.1 Å². The van der Waals surface area contributed by atoms with Gasteiger partial charge < -0.3 is 14.4 Å². The van der Waals surface area contributed by atoms with Crippen molar-refractivity contribution in [2.75, 3.05) is 33.4 Å². The summed E-state index contributed by atoms with van der Waals surface area (Å²) in [6, 6.07) is 9.93. The molecule has 1 aromatic carbocycles. The zero-order chi connectivity index (χ0) is 21.4. The maximum Gasteiger partial charge on any atom is 0.417 e. The molecule has 0 saturated carbocycles. The van der Waals surface area contributed by atoms with E-state index < -0.39 is 17.3 Å². The van der Waals surface area contributed by atoms with Gasteiger partial charge in [-0.05, 0) is 42.7 Å². The maximum absolute atomic E-state index is 12.8. The highest BCUT2D eigenvalue weighted by molar-refractivity contribution is 5.94. The van der Waals surface area contributed by atoms with E-state index in [2.05, 4.69) is 4.98 Å². The van der Waals surface area contributed by atoms with Crippen molar-refractivity contribution in [3.63, 3.8) is 0 Å². The minimum absolute atomic E-state index is 0.0447. The Balaban J connectivity index is 1.36. The molecule has 0 unspecified atom stereocenters. The molecule has 0 atom stereocenters. The molecule has 0 radical (unpaired) electrons. The Labute approximate surface area is 172 Å². The quantitative estimate of drug-likeness (QED) is 0.751. The molecular formula is C22H23F3N2O3. The van der Waals surface area contributed by atoms with Crippen LogP contribution in [0.5, 0.6) is 0 Å². The number of ether oxygens (including phenoxy) is 2. The Morgan fingerprint density at radius 3 is 2.27 bits per heavy atom. The van der Waals surface area contributed by atoms with E-state index in [0.29, 0.717) is 50.4 Å². The first kappa shape index (κ1) is 20.8. The zero-order valence-electron chi connectivity index (χ0n) is 16.6. The molecule has 2 aromatic rings. The number of hydrogen-bond donors (Lipinski definition) is 0. The van der Waals surface area contributed by atoms with Crippen LogP contribution in [0.1, 0.15) is 45.9 Å². The summed E-state index contributed by atoms with van der Waals surface area (Å²) in [6.45, 7) is 2.10. The normalized spacial score (nSPS) is 19.4. The molecule has 0 bridgehead atoms. The summed E-state index contributed by atoms with van der Waals surface area (Å²) in [6.07, 6.45) is -2.15. The van der Waals surface area contributed by atoms with E-state index in [0.717, 1.165) is 17.8 Å². The first-order valence-corrected chi connectivity index (χ1v) is 9.88. The second kappa shape index (κ2) is 8.00. The number of amides is 1. The highest BCUT2D eigenvalue weighted by Gasteiger charge is 2.40. The van der Waals surface area contributed by atoms with E-state index in [1.807, 2.05) is 12.1 Å². The van der Waals surface area contributed by atoms with E-state index in [1.54, 1.807) is 24.1 Å². The molecular weight excluding hydrogens is 397 g/mol. The molecule has 160 valence electrons. The topological polar surface area (TPSA) is 51.7 Å². The van der Waals surface area contributed by atoms with Gasteiger partial charge in [0, 0.05) is 43.6 Å². The van der Waals surface area contributed by atoms with Crippen LogP contribution in [-0.2, 0) is 21.3 Å². The monoisotopic (exact) mass is 420 g/mol. The van der Waals surface area contributed by atoms with Crippen molar-refractivity contribution in [3.05, 3.63) is 65.0 Å². The van der Waals surface area contributed by atoms with Crippen molar-refractivity contribution < 1.29 is 27.4 Å². The van der Waals surface area contributed by atoms with Crippen LogP contribution < -0.4 is 0 Å². The van der Waals surface area contributed by atoms with Crippen molar-refractivity contribution >= 4 is 5.91 Å². The molecule has 3 heterocycles. The van der Waals surface area contributed by atoms with Gasteiger partial charge in [-0.25, -0.2) is 0 Å². The minimum atomic E-state index is -4.38. The molecule has 5 nitrogen and oxygen atoms in total. The summed E-state index contributed by atoms with van der Waals surface area (Å²) in [5.41, 5.74) is 1.07. The van der Waals surface area contributed by atoms with E-state index in [-0.39, 0.29) is 11.8 Å². The number of hydrogen-bond acceptors (Lipinski definition) is 4. The third-order valence-electron chi connectivity index (χ3n) is 6.03. The molecule has 0 N–H and O–H groups in total. The minimum Gasteiger partial charge on any atom is -0.375 e. The van der Waals surface area contributed by atoms with Crippen LogP contribution in [0.2, 0.25) is 0 Å². The van der Waals surface area contributed by atoms with Gasteiger partial charge in [-0.15, -0.1) is 0 Å². The number of piperidine rings is 1. The predicted molar refractivity (Wildman–Crippen MR) is 103 cm³/mol. The number of rotatable bonds is 4. The number of nitrogens with zero attached hydrogens (tertiary/aromatic N) is 2. The lowest BCUT2D eigenvalue weighted by molar-refractivity contribution is -0.202. The van der Waals surface area contributed by atoms with Gasteiger partial charge >= 0.3 is 6.18 Å². The molecule has 2 aliphatic heterocycles. The van der Waals surface area contributed by atoms with E-state index >= 15 is 0 Å². The Morgan fingerprint density at radius 1 is 1.13 bits per heavy atom. The fourth-order valence-corrected chi connectivity index (χ4v) is 3.98. The number of halogens is 3. The van der Waals surface area contributed by atoms with Crippen LogP contribution in [0.3, 0.4) is 0 Å². The van der Waals surface area contributed by atoms with Gasteiger partial charge in [0.1, 0.15) is 5.60 Å².